The Morgan fingerprint density at radius 1 is 1.18 bits per heavy atom. The maximum absolute atomic E-state index is 12.8. The highest BCUT2D eigenvalue weighted by molar-refractivity contribution is 14.0. The number of carbonyl (C=O) groups excluding carboxylic acids is 1. The van der Waals surface area contributed by atoms with E-state index in [0.717, 1.165) is 49.5 Å². The summed E-state index contributed by atoms with van der Waals surface area (Å²) < 4.78 is 10.8. The number of guanidine groups is 1. The van der Waals surface area contributed by atoms with Gasteiger partial charge in [-0.25, -0.2) is 0 Å². The molecule has 33 heavy (non-hydrogen) atoms. The van der Waals surface area contributed by atoms with Gasteiger partial charge in [0.1, 0.15) is 0 Å². The summed E-state index contributed by atoms with van der Waals surface area (Å²) >= 11 is 0. The van der Waals surface area contributed by atoms with Crippen molar-refractivity contribution in [3.05, 3.63) is 23.3 Å². The first kappa shape index (κ1) is 29.3. The van der Waals surface area contributed by atoms with Crippen molar-refractivity contribution in [3.63, 3.8) is 0 Å². The standard InChI is InChI=1S/C25H42N4O3.HI/c1-18(10-12-25(2,3)4)28-24(26-5)27-13-8-9-23(30)29-14-11-19-15-21(31-6)22(32-7)16-20(19)17-29;/h15-16,18H,8-14,17H2,1-7H3,(H2,26,27,28);1H. The van der Waals surface area contributed by atoms with Gasteiger partial charge in [-0.15, -0.1) is 24.0 Å². The highest BCUT2D eigenvalue weighted by Crippen LogP contribution is 2.33. The monoisotopic (exact) mass is 574 g/mol. The lowest BCUT2D eigenvalue weighted by atomic mass is 9.89. The van der Waals surface area contributed by atoms with Crippen molar-refractivity contribution >= 4 is 35.8 Å². The fourth-order valence-corrected chi connectivity index (χ4v) is 3.85. The molecule has 1 heterocycles. The van der Waals surface area contributed by atoms with Gasteiger partial charge in [-0.1, -0.05) is 20.8 Å². The maximum atomic E-state index is 12.8. The average molecular weight is 575 g/mol. The number of ether oxygens (including phenoxy) is 2. The van der Waals surface area contributed by atoms with E-state index in [-0.39, 0.29) is 29.9 Å². The predicted molar refractivity (Wildman–Crippen MR) is 146 cm³/mol. The van der Waals surface area contributed by atoms with Gasteiger partial charge in [-0.3, -0.25) is 9.79 Å². The average Bonchev–Trinajstić information content (AvgIpc) is 2.77. The molecule has 1 amide bonds. The lowest BCUT2D eigenvalue weighted by Gasteiger charge is -2.30. The number of fused-ring (bicyclic) bond motifs is 1. The number of hydrogen-bond donors (Lipinski definition) is 2. The van der Waals surface area contributed by atoms with E-state index in [0.29, 0.717) is 36.7 Å². The van der Waals surface area contributed by atoms with E-state index in [4.69, 9.17) is 9.47 Å². The fraction of sp³-hybridized carbons (Fsp3) is 0.680. The first-order chi connectivity index (χ1) is 15.2. The van der Waals surface area contributed by atoms with E-state index in [9.17, 15) is 4.79 Å². The molecule has 1 aliphatic heterocycles. The number of halogens is 1. The lowest BCUT2D eigenvalue weighted by molar-refractivity contribution is -0.132. The number of carbonyl (C=O) groups is 1. The van der Waals surface area contributed by atoms with Gasteiger partial charge in [-0.2, -0.15) is 0 Å². The molecule has 2 rings (SSSR count). The Balaban J connectivity index is 0.00000544. The third kappa shape index (κ3) is 9.59. The van der Waals surface area contributed by atoms with E-state index < -0.39 is 0 Å². The number of nitrogens with one attached hydrogen (secondary N) is 2. The number of nitrogens with zero attached hydrogens (tertiary/aromatic N) is 2. The van der Waals surface area contributed by atoms with Crippen molar-refractivity contribution in [2.45, 2.75) is 72.4 Å². The van der Waals surface area contributed by atoms with Crippen LogP contribution in [0, 0.1) is 5.41 Å². The number of hydrogen-bond acceptors (Lipinski definition) is 4. The minimum absolute atomic E-state index is 0. The Kier molecular flexibility index (Phi) is 12.3. The van der Waals surface area contributed by atoms with Crippen LogP contribution in [0.4, 0.5) is 0 Å². The second-order valence-corrected chi connectivity index (χ2v) is 9.79. The minimum Gasteiger partial charge on any atom is -0.493 e. The lowest BCUT2D eigenvalue weighted by Crippen LogP contribution is -2.43. The SMILES string of the molecule is CN=C(NCCCC(=O)N1CCc2cc(OC)c(OC)cc2C1)NC(C)CCC(C)(C)C.I. The highest BCUT2D eigenvalue weighted by atomic mass is 127. The zero-order chi connectivity index (χ0) is 23.7. The molecular weight excluding hydrogens is 531 g/mol. The third-order valence-electron chi connectivity index (χ3n) is 5.86. The summed E-state index contributed by atoms with van der Waals surface area (Å²) in [5.41, 5.74) is 2.69. The van der Waals surface area contributed by atoms with Crippen LogP contribution in [-0.4, -0.2) is 57.2 Å². The largest absolute Gasteiger partial charge is 0.493 e. The molecule has 1 unspecified atom stereocenters. The summed E-state index contributed by atoms with van der Waals surface area (Å²) in [5, 5.41) is 6.78. The maximum Gasteiger partial charge on any atom is 0.222 e. The molecule has 0 aliphatic carbocycles. The Bertz CT molecular complexity index is 793. The van der Waals surface area contributed by atoms with E-state index in [1.54, 1.807) is 21.3 Å². The normalized spacial score (nSPS) is 14.6. The van der Waals surface area contributed by atoms with Gasteiger partial charge in [-0.05, 0) is 61.3 Å². The van der Waals surface area contributed by atoms with Gasteiger partial charge in [0.2, 0.25) is 5.91 Å². The zero-order valence-electron chi connectivity index (χ0n) is 21.4. The Hall–Kier alpha value is -1.71. The summed E-state index contributed by atoms with van der Waals surface area (Å²) in [6.07, 6.45) is 4.38. The van der Waals surface area contributed by atoms with Crippen molar-refractivity contribution in [2.75, 3.05) is 34.4 Å². The summed E-state index contributed by atoms with van der Waals surface area (Å²) in [5.74, 6) is 2.44. The Morgan fingerprint density at radius 2 is 1.82 bits per heavy atom. The van der Waals surface area contributed by atoms with Crippen LogP contribution in [0.2, 0.25) is 0 Å². The summed E-state index contributed by atoms with van der Waals surface area (Å²) in [7, 11) is 5.07. The Labute approximate surface area is 217 Å². The van der Waals surface area contributed by atoms with Gasteiger partial charge in [0.25, 0.3) is 0 Å². The first-order valence-electron chi connectivity index (χ1n) is 11.7. The molecule has 0 fully saturated rings. The molecule has 0 saturated carbocycles. The van der Waals surface area contributed by atoms with Crippen LogP contribution in [-0.2, 0) is 17.8 Å². The van der Waals surface area contributed by atoms with Gasteiger partial charge < -0.3 is 25.0 Å². The van der Waals surface area contributed by atoms with Gasteiger partial charge >= 0.3 is 0 Å². The number of benzene rings is 1. The molecule has 8 heteroatoms. The van der Waals surface area contributed by atoms with Crippen LogP contribution >= 0.6 is 24.0 Å². The van der Waals surface area contributed by atoms with Gasteiger partial charge in [0.05, 0.1) is 14.2 Å². The molecule has 1 atom stereocenters. The molecule has 1 aromatic carbocycles. The van der Waals surface area contributed by atoms with E-state index in [1.807, 2.05) is 17.0 Å². The predicted octanol–water partition coefficient (Wildman–Crippen LogP) is 4.37. The van der Waals surface area contributed by atoms with E-state index >= 15 is 0 Å². The zero-order valence-corrected chi connectivity index (χ0v) is 23.7. The Morgan fingerprint density at radius 3 is 2.39 bits per heavy atom. The summed E-state index contributed by atoms with van der Waals surface area (Å²) in [6, 6.07) is 4.37. The summed E-state index contributed by atoms with van der Waals surface area (Å²) in [6.45, 7) is 11.0. The van der Waals surface area contributed by atoms with E-state index in [2.05, 4.69) is 43.3 Å². The molecule has 0 saturated heterocycles. The third-order valence-corrected chi connectivity index (χ3v) is 5.86. The van der Waals surface area contributed by atoms with E-state index in [1.165, 1.54) is 5.56 Å². The molecule has 0 bridgehead atoms. The second-order valence-electron chi connectivity index (χ2n) is 9.79. The van der Waals surface area contributed by atoms with Crippen molar-refractivity contribution in [2.24, 2.45) is 10.4 Å². The van der Waals surface area contributed by atoms with Crippen LogP contribution in [0.25, 0.3) is 0 Å². The fourth-order valence-electron chi connectivity index (χ4n) is 3.85. The second kappa shape index (κ2) is 13.9. The van der Waals surface area contributed by atoms with Crippen molar-refractivity contribution in [3.8, 4) is 11.5 Å². The van der Waals surface area contributed by atoms with Gasteiger partial charge in [0.15, 0.2) is 17.5 Å². The smallest absolute Gasteiger partial charge is 0.222 e. The van der Waals surface area contributed by atoms with Crippen LogP contribution in [0.1, 0.15) is 64.5 Å². The molecule has 0 radical (unpaired) electrons. The van der Waals surface area contributed by atoms with Crippen molar-refractivity contribution in [1.29, 1.82) is 0 Å². The highest BCUT2D eigenvalue weighted by Gasteiger charge is 2.22. The number of amides is 1. The first-order valence-corrected chi connectivity index (χ1v) is 11.7. The molecule has 188 valence electrons. The van der Waals surface area contributed by atoms with Gasteiger partial charge in [0, 0.05) is 39.1 Å². The molecule has 0 spiro atoms. The number of methoxy groups -OCH3 is 2. The van der Waals surface area contributed by atoms with Crippen LogP contribution in [0.15, 0.2) is 17.1 Å². The summed E-state index contributed by atoms with van der Waals surface area (Å²) in [4.78, 5) is 19.0. The van der Waals surface area contributed by atoms with Crippen LogP contribution in [0.3, 0.4) is 0 Å². The minimum atomic E-state index is 0. The molecule has 1 aliphatic rings. The quantitative estimate of drug-likeness (QED) is 0.198. The number of aliphatic imine (C=N–C) groups is 1. The molecular formula is C25H43IN4O3. The molecule has 2 N–H and O–H groups in total. The topological polar surface area (TPSA) is 75.2 Å². The molecule has 0 aromatic heterocycles. The number of rotatable bonds is 9. The van der Waals surface area contributed by atoms with Crippen molar-refractivity contribution in [1.82, 2.24) is 15.5 Å². The molecule has 7 nitrogen and oxygen atoms in total. The van der Waals surface area contributed by atoms with Crippen LogP contribution in [0.5, 0.6) is 11.5 Å². The van der Waals surface area contributed by atoms with Crippen molar-refractivity contribution < 1.29 is 14.3 Å². The molecule has 1 aromatic rings. The van der Waals surface area contributed by atoms with Crippen LogP contribution < -0.4 is 20.1 Å².